The van der Waals surface area contributed by atoms with E-state index in [9.17, 15) is 4.79 Å². The van der Waals surface area contributed by atoms with Crippen molar-refractivity contribution < 1.29 is 9.53 Å². The van der Waals surface area contributed by atoms with Gasteiger partial charge < -0.3 is 4.74 Å². The van der Waals surface area contributed by atoms with Crippen LogP contribution in [0.4, 0.5) is 0 Å². The van der Waals surface area contributed by atoms with Crippen molar-refractivity contribution in [1.82, 2.24) is 0 Å². The molecule has 8 atom stereocenters. The van der Waals surface area contributed by atoms with Crippen molar-refractivity contribution in [3.8, 4) is 0 Å². The average Bonchev–Trinajstić information content (AvgIpc) is 3.44. The Morgan fingerprint density at radius 1 is 0.857 bits per heavy atom. The standard InChI is InChI=1S/C47H76O2/c1-8-10-11-12-13-14-15-16-17-18-19-20-21-22-23-24-45(48)49-40-31-33-46(6)39(35-40)27-28-41-43-30-29-42(47(43,7)34-32-44(41)46)37(5)25-26-38(9-2)36(3)4/h10-11,13-14,16-17,27,37,40-44H,8-9,12,15,18-26,28-35H2,1-7H3/b11-10-,14-13-,17-16-/t37-,40+,41+,42-,43+,44+,46+,47-/m1/s1. The third kappa shape index (κ3) is 10.6. The summed E-state index contributed by atoms with van der Waals surface area (Å²) in [6.45, 7) is 17.0. The number of fused-ring (bicyclic) bond motifs is 5. The Morgan fingerprint density at radius 2 is 1.57 bits per heavy atom. The molecule has 0 aromatic heterocycles. The van der Waals surface area contributed by atoms with Gasteiger partial charge in [0.1, 0.15) is 6.10 Å². The van der Waals surface area contributed by atoms with Crippen LogP contribution in [0.3, 0.4) is 0 Å². The van der Waals surface area contributed by atoms with Crippen LogP contribution in [-0.4, -0.2) is 12.1 Å². The highest BCUT2D eigenvalue weighted by atomic mass is 16.5. The molecule has 0 saturated heterocycles. The lowest BCUT2D eigenvalue weighted by Gasteiger charge is -2.58. The summed E-state index contributed by atoms with van der Waals surface area (Å²) in [6.07, 6.45) is 41.2. The molecule has 4 aliphatic rings. The molecule has 0 bridgehead atoms. The number of rotatable bonds is 19. The van der Waals surface area contributed by atoms with Crippen LogP contribution in [0.15, 0.2) is 59.3 Å². The Morgan fingerprint density at radius 3 is 2.31 bits per heavy atom. The molecule has 0 N–H and O–H groups in total. The van der Waals surface area contributed by atoms with Gasteiger partial charge in [-0.05, 0) is 157 Å². The molecule has 4 aliphatic carbocycles. The van der Waals surface area contributed by atoms with Gasteiger partial charge in [-0.15, -0.1) is 0 Å². The summed E-state index contributed by atoms with van der Waals surface area (Å²) in [6, 6.07) is 0. The lowest BCUT2D eigenvalue weighted by atomic mass is 9.47. The van der Waals surface area contributed by atoms with Gasteiger partial charge in [0, 0.05) is 12.8 Å². The summed E-state index contributed by atoms with van der Waals surface area (Å²) in [5.41, 5.74) is 5.70. The maximum atomic E-state index is 12.8. The molecule has 3 saturated carbocycles. The molecule has 276 valence electrons. The zero-order valence-corrected chi connectivity index (χ0v) is 33.2. The molecule has 0 radical (unpaired) electrons. The van der Waals surface area contributed by atoms with Crippen molar-refractivity contribution in [3.05, 3.63) is 59.3 Å². The third-order valence-corrected chi connectivity index (χ3v) is 14.2. The lowest BCUT2D eigenvalue weighted by molar-refractivity contribution is -0.151. The highest BCUT2D eigenvalue weighted by Crippen LogP contribution is 2.67. The Balaban J connectivity index is 1.15. The second kappa shape index (κ2) is 19.7. The molecule has 0 spiro atoms. The molecule has 0 aromatic rings. The summed E-state index contributed by atoms with van der Waals surface area (Å²) in [5.74, 6) is 4.31. The summed E-state index contributed by atoms with van der Waals surface area (Å²) >= 11 is 0. The van der Waals surface area contributed by atoms with Crippen LogP contribution in [0.5, 0.6) is 0 Å². The molecule has 0 aromatic carbocycles. The van der Waals surface area contributed by atoms with Crippen molar-refractivity contribution >= 4 is 5.97 Å². The van der Waals surface area contributed by atoms with Gasteiger partial charge in [0.05, 0.1) is 0 Å². The smallest absolute Gasteiger partial charge is 0.306 e. The van der Waals surface area contributed by atoms with Gasteiger partial charge in [-0.25, -0.2) is 0 Å². The van der Waals surface area contributed by atoms with Crippen molar-refractivity contribution in [3.63, 3.8) is 0 Å². The first-order chi connectivity index (χ1) is 23.6. The van der Waals surface area contributed by atoms with E-state index in [0.717, 1.165) is 74.5 Å². The van der Waals surface area contributed by atoms with E-state index in [-0.39, 0.29) is 12.1 Å². The minimum Gasteiger partial charge on any atom is -0.462 e. The molecular weight excluding hydrogens is 597 g/mol. The first-order valence-corrected chi connectivity index (χ1v) is 21.1. The number of allylic oxidation sites excluding steroid dienone is 9. The van der Waals surface area contributed by atoms with E-state index in [2.05, 4.69) is 91.0 Å². The minimum absolute atomic E-state index is 0.0410. The summed E-state index contributed by atoms with van der Waals surface area (Å²) < 4.78 is 6.13. The van der Waals surface area contributed by atoms with Gasteiger partial charge in [0.25, 0.3) is 0 Å². The average molecular weight is 673 g/mol. The predicted octanol–water partition coefficient (Wildman–Crippen LogP) is 14.2. The SMILES string of the molecule is CC/C=C\C/C=C\C/C=C\CCCCCCCC(=O)O[C@H]1CC[C@@]2(C)C(=CC[C@H]3[C@@H]4CC[C@H]([C@H](C)CCC(CC)=C(C)C)[C@@]4(C)CC[C@@H]32)C1. The number of unbranched alkanes of at least 4 members (excludes halogenated alkanes) is 5. The Labute approximate surface area is 303 Å². The number of hydrogen-bond donors (Lipinski definition) is 0. The zero-order valence-electron chi connectivity index (χ0n) is 33.2. The lowest BCUT2D eigenvalue weighted by Crippen LogP contribution is -2.51. The van der Waals surface area contributed by atoms with Crippen LogP contribution in [0.25, 0.3) is 0 Å². The van der Waals surface area contributed by atoms with Crippen LogP contribution < -0.4 is 0 Å². The fraction of sp³-hybridized carbons (Fsp3) is 0.766. The monoisotopic (exact) mass is 673 g/mol. The molecule has 3 fully saturated rings. The highest BCUT2D eigenvalue weighted by molar-refractivity contribution is 5.69. The van der Waals surface area contributed by atoms with E-state index in [1.807, 2.05) is 0 Å². The minimum atomic E-state index is 0.0410. The Kier molecular flexibility index (Phi) is 16.1. The summed E-state index contributed by atoms with van der Waals surface area (Å²) in [7, 11) is 0. The fourth-order valence-electron chi connectivity index (χ4n) is 11.2. The Bertz CT molecular complexity index is 1180. The molecule has 2 nitrogen and oxygen atoms in total. The van der Waals surface area contributed by atoms with Crippen LogP contribution in [0, 0.1) is 40.4 Å². The summed E-state index contributed by atoms with van der Waals surface area (Å²) in [5, 5.41) is 0. The van der Waals surface area contributed by atoms with Crippen LogP contribution in [0.1, 0.15) is 183 Å². The first kappa shape index (κ1) is 39.9. The molecule has 0 aliphatic heterocycles. The van der Waals surface area contributed by atoms with E-state index < -0.39 is 0 Å². The predicted molar refractivity (Wildman–Crippen MR) is 211 cm³/mol. The normalized spacial score (nSPS) is 31.8. The largest absolute Gasteiger partial charge is 0.462 e. The van der Waals surface area contributed by atoms with Crippen molar-refractivity contribution in [1.29, 1.82) is 0 Å². The van der Waals surface area contributed by atoms with Gasteiger partial charge in [-0.3, -0.25) is 4.79 Å². The van der Waals surface area contributed by atoms with E-state index >= 15 is 0 Å². The van der Waals surface area contributed by atoms with E-state index in [1.54, 1.807) is 16.7 Å². The summed E-state index contributed by atoms with van der Waals surface area (Å²) in [4.78, 5) is 12.8. The van der Waals surface area contributed by atoms with E-state index in [4.69, 9.17) is 4.74 Å². The first-order valence-electron chi connectivity index (χ1n) is 21.1. The second-order valence-corrected chi connectivity index (χ2v) is 17.4. The van der Waals surface area contributed by atoms with Gasteiger partial charge in [-0.2, -0.15) is 0 Å². The number of hydrogen-bond acceptors (Lipinski definition) is 2. The quantitative estimate of drug-likeness (QED) is 0.0775. The van der Waals surface area contributed by atoms with E-state index in [1.165, 1.54) is 83.5 Å². The molecule has 2 heteroatoms. The molecule has 0 unspecified atom stereocenters. The van der Waals surface area contributed by atoms with Gasteiger partial charge in [0.15, 0.2) is 0 Å². The van der Waals surface area contributed by atoms with Crippen molar-refractivity contribution in [2.75, 3.05) is 0 Å². The van der Waals surface area contributed by atoms with Gasteiger partial charge >= 0.3 is 5.97 Å². The topological polar surface area (TPSA) is 26.3 Å². The number of carbonyl (C=O) groups is 1. The third-order valence-electron chi connectivity index (χ3n) is 14.2. The maximum Gasteiger partial charge on any atom is 0.306 e. The maximum absolute atomic E-state index is 12.8. The van der Waals surface area contributed by atoms with E-state index in [0.29, 0.717) is 17.3 Å². The van der Waals surface area contributed by atoms with Crippen LogP contribution in [-0.2, 0) is 9.53 Å². The molecule has 0 amide bonds. The highest BCUT2D eigenvalue weighted by Gasteiger charge is 2.59. The van der Waals surface area contributed by atoms with Gasteiger partial charge in [0.2, 0.25) is 0 Å². The molecule has 4 rings (SSSR count). The van der Waals surface area contributed by atoms with Gasteiger partial charge in [-0.1, -0.05) is 113 Å². The Hall–Kier alpha value is -1.83. The number of ether oxygens (including phenoxy) is 1. The molecule has 0 heterocycles. The number of carbonyl (C=O) groups excluding carboxylic acids is 1. The van der Waals surface area contributed by atoms with Crippen molar-refractivity contribution in [2.24, 2.45) is 40.4 Å². The zero-order chi connectivity index (χ0) is 35.3. The van der Waals surface area contributed by atoms with Crippen molar-refractivity contribution in [2.45, 2.75) is 189 Å². The fourth-order valence-corrected chi connectivity index (χ4v) is 11.2. The second-order valence-electron chi connectivity index (χ2n) is 17.4. The number of esters is 1. The molecule has 49 heavy (non-hydrogen) atoms. The molecular formula is C47H76O2. The van der Waals surface area contributed by atoms with Crippen LogP contribution in [0.2, 0.25) is 0 Å². The van der Waals surface area contributed by atoms with Crippen LogP contribution >= 0.6 is 0 Å².